The first-order valence-corrected chi connectivity index (χ1v) is 10.0. The minimum atomic E-state index is -0.895. The van der Waals surface area contributed by atoms with Gasteiger partial charge in [-0.1, -0.05) is 25.3 Å². The van der Waals surface area contributed by atoms with Crippen molar-refractivity contribution in [2.24, 2.45) is 0 Å². The van der Waals surface area contributed by atoms with E-state index < -0.39 is 28.6 Å². The van der Waals surface area contributed by atoms with Crippen molar-refractivity contribution in [2.75, 3.05) is 14.2 Å². The third kappa shape index (κ3) is 4.67. The van der Waals surface area contributed by atoms with Gasteiger partial charge in [0.25, 0.3) is 11.5 Å². The fraction of sp³-hybridized carbons (Fsp3) is 0.476. The number of carbonyl (C=O) groups is 1. The lowest BCUT2D eigenvalue weighted by Gasteiger charge is -2.22. The van der Waals surface area contributed by atoms with Gasteiger partial charge >= 0.3 is 5.69 Å². The quantitative estimate of drug-likeness (QED) is 0.628. The highest BCUT2D eigenvalue weighted by Gasteiger charge is 2.24. The third-order valence-corrected chi connectivity index (χ3v) is 5.41. The van der Waals surface area contributed by atoms with Gasteiger partial charge in [0.15, 0.2) is 17.1 Å². The lowest BCUT2D eigenvalue weighted by Crippen LogP contribution is -2.41. The van der Waals surface area contributed by atoms with Gasteiger partial charge in [-0.05, 0) is 37.0 Å². The van der Waals surface area contributed by atoms with Gasteiger partial charge in [-0.25, -0.2) is 4.79 Å². The zero-order valence-corrected chi connectivity index (χ0v) is 17.2. The SMILES string of the molecule is COc1ccc(CCn2c(O)c(C(=O)NC3CCCCC3)c(=O)[nH]c2=O)cc1OC. The van der Waals surface area contributed by atoms with Gasteiger partial charge in [0.1, 0.15) is 0 Å². The molecule has 0 aliphatic heterocycles. The van der Waals surface area contributed by atoms with Crippen LogP contribution in [0.4, 0.5) is 0 Å². The van der Waals surface area contributed by atoms with Crippen LogP contribution in [0.25, 0.3) is 0 Å². The monoisotopic (exact) mass is 417 g/mol. The van der Waals surface area contributed by atoms with Crippen molar-refractivity contribution in [2.45, 2.75) is 51.1 Å². The van der Waals surface area contributed by atoms with Crippen LogP contribution in [-0.4, -0.2) is 40.8 Å². The molecule has 1 saturated carbocycles. The number of benzene rings is 1. The summed E-state index contributed by atoms with van der Waals surface area (Å²) in [6.45, 7) is 0.0701. The predicted molar refractivity (Wildman–Crippen MR) is 111 cm³/mol. The van der Waals surface area contributed by atoms with Gasteiger partial charge in [-0.2, -0.15) is 0 Å². The number of nitrogens with one attached hydrogen (secondary N) is 2. The summed E-state index contributed by atoms with van der Waals surface area (Å²) >= 11 is 0. The normalized spacial score (nSPS) is 14.3. The summed E-state index contributed by atoms with van der Waals surface area (Å²) < 4.78 is 11.5. The Hall–Kier alpha value is -3.23. The van der Waals surface area contributed by atoms with Gasteiger partial charge < -0.3 is 19.9 Å². The van der Waals surface area contributed by atoms with Gasteiger partial charge in [-0.3, -0.25) is 19.1 Å². The number of hydrogen-bond acceptors (Lipinski definition) is 6. The van der Waals surface area contributed by atoms with E-state index in [1.807, 2.05) is 6.07 Å². The van der Waals surface area contributed by atoms with Crippen LogP contribution in [0, 0.1) is 0 Å². The molecule has 9 heteroatoms. The minimum Gasteiger partial charge on any atom is -0.494 e. The Morgan fingerprint density at radius 3 is 2.53 bits per heavy atom. The number of nitrogens with zero attached hydrogens (tertiary/aromatic N) is 1. The summed E-state index contributed by atoms with van der Waals surface area (Å²) in [6.07, 6.45) is 5.19. The van der Waals surface area contributed by atoms with Crippen molar-refractivity contribution < 1.29 is 19.4 Å². The Kier molecular flexibility index (Phi) is 6.81. The van der Waals surface area contributed by atoms with Crippen molar-refractivity contribution in [3.8, 4) is 17.4 Å². The average Bonchev–Trinajstić information content (AvgIpc) is 2.73. The van der Waals surface area contributed by atoms with Crippen LogP contribution in [0.1, 0.15) is 48.0 Å². The fourth-order valence-electron chi connectivity index (χ4n) is 3.75. The van der Waals surface area contributed by atoms with E-state index in [2.05, 4.69) is 10.3 Å². The third-order valence-electron chi connectivity index (χ3n) is 5.41. The largest absolute Gasteiger partial charge is 0.494 e. The van der Waals surface area contributed by atoms with E-state index in [1.165, 1.54) is 14.2 Å². The summed E-state index contributed by atoms with van der Waals surface area (Å²) in [5.41, 5.74) is -1.27. The standard InChI is InChI=1S/C21H27N3O6/c1-29-15-9-8-13(12-16(15)30-2)10-11-24-20(27)17(19(26)23-21(24)28)18(25)22-14-6-4-3-5-7-14/h8-9,12,14,27H,3-7,10-11H2,1-2H3,(H,22,25)(H,23,26,28). The van der Waals surface area contributed by atoms with E-state index >= 15 is 0 Å². The molecule has 1 fully saturated rings. The maximum Gasteiger partial charge on any atom is 0.331 e. The van der Waals surface area contributed by atoms with Crippen LogP contribution < -0.4 is 26.0 Å². The van der Waals surface area contributed by atoms with Crippen LogP contribution in [0.2, 0.25) is 0 Å². The number of H-pyrrole nitrogens is 1. The van der Waals surface area contributed by atoms with Gasteiger partial charge in [0, 0.05) is 12.6 Å². The summed E-state index contributed by atoms with van der Waals surface area (Å²) in [7, 11) is 3.06. The lowest BCUT2D eigenvalue weighted by molar-refractivity contribution is 0.0921. The molecule has 3 N–H and O–H groups in total. The first-order chi connectivity index (χ1) is 14.4. The number of amides is 1. The van der Waals surface area contributed by atoms with Crippen LogP contribution in [0.15, 0.2) is 27.8 Å². The fourth-order valence-corrected chi connectivity index (χ4v) is 3.75. The summed E-state index contributed by atoms with van der Waals surface area (Å²) in [6, 6.07) is 5.29. The van der Waals surface area contributed by atoms with E-state index in [0.29, 0.717) is 17.9 Å². The van der Waals surface area contributed by atoms with E-state index in [4.69, 9.17) is 9.47 Å². The summed E-state index contributed by atoms with van der Waals surface area (Å²) in [4.78, 5) is 39.2. The van der Waals surface area contributed by atoms with Gasteiger partial charge in [0.2, 0.25) is 5.88 Å². The topological polar surface area (TPSA) is 123 Å². The van der Waals surface area contributed by atoms with Crippen molar-refractivity contribution in [3.63, 3.8) is 0 Å². The molecule has 0 atom stereocenters. The molecule has 2 aromatic rings. The van der Waals surface area contributed by atoms with Crippen molar-refractivity contribution >= 4 is 5.91 Å². The highest BCUT2D eigenvalue weighted by atomic mass is 16.5. The van der Waals surface area contributed by atoms with Crippen LogP contribution >= 0.6 is 0 Å². The Balaban J connectivity index is 1.81. The molecule has 1 amide bonds. The second-order valence-electron chi connectivity index (χ2n) is 7.36. The Morgan fingerprint density at radius 1 is 1.17 bits per heavy atom. The minimum absolute atomic E-state index is 0.0304. The first-order valence-electron chi connectivity index (χ1n) is 10.0. The Labute approximate surface area is 173 Å². The number of rotatable bonds is 7. The molecule has 9 nitrogen and oxygen atoms in total. The number of aryl methyl sites for hydroxylation is 1. The predicted octanol–water partition coefficient (Wildman–Crippen LogP) is 1.56. The number of aromatic nitrogens is 2. The molecule has 0 unspecified atom stereocenters. The zero-order chi connectivity index (χ0) is 21.7. The van der Waals surface area contributed by atoms with Crippen LogP contribution in [0.3, 0.4) is 0 Å². The van der Waals surface area contributed by atoms with Gasteiger partial charge in [-0.15, -0.1) is 0 Å². The first kappa shape index (κ1) is 21.5. The average molecular weight is 417 g/mol. The Bertz CT molecular complexity index is 1020. The smallest absolute Gasteiger partial charge is 0.331 e. The highest BCUT2D eigenvalue weighted by Crippen LogP contribution is 2.28. The molecule has 1 aromatic carbocycles. The second-order valence-corrected chi connectivity index (χ2v) is 7.36. The van der Waals surface area contributed by atoms with E-state index in [0.717, 1.165) is 42.2 Å². The van der Waals surface area contributed by atoms with Crippen molar-refractivity contribution in [1.82, 2.24) is 14.9 Å². The number of aromatic amines is 1. The highest BCUT2D eigenvalue weighted by molar-refractivity contribution is 5.96. The molecule has 1 aliphatic carbocycles. The van der Waals surface area contributed by atoms with Crippen molar-refractivity contribution in [1.29, 1.82) is 0 Å². The van der Waals surface area contributed by atoms with E-state index in [-0.39, 0.29) is 12.6 Å². The molecular weight excluding hydrogens is 390 g/mol. The number of aromatic hydroxyl groups is 1. The zero-order valence-electron chi connectivity index (χ0n) is 17.2. The van der Waals surface area contributed by atoms with E-state index in [9.17, 15) is 19.5 Å². The number of ether oxygens (including phenoxy) is 2. The molecule has 0 saturated heterocycles. The molecule has 1 aliphatic rings. The molecule has 1 heterocycles. The number of methoxy groups -OCH3 is 2. The molecule has 0 radical (unpaired) electrons. The molecule has 162 valence electrons. The summed E-state index contributed by atoms with van der Waals surface area (Å²) in [5, 5.41) is 13.3. The molecule has 30 heavy (non-hydrogen) atoms. The van der Waals surface area contributed by atoms with Crippen LogP contribution in [0.5, 0.6) is 17.4 Å². The molecule has 3 rings (SSSR count). The number of hydrogen-bond donors (Lipinski definition) is 3. The maximum absolute atomic E-state index is 12.6. The van der Waals surface area contributed by atoms with Gasteiger partial charge in [0.05, 0.1) is 14.2 Å². The molecular formula is C21H27N3O6. The van der Waals surface area contributed by atoms with Crippen molar-refractivity contribution in [3.05, 3.63) is 50.2 Å². The number of carbonyl (C=O) groups excluding carboxylic acids is 1. The van der Waals surface area contributed by atoms with E-state index in [1.54, 1.807) is 12.1 Å². The molecule has 0 bridgehead atoms. The molecule has 1 aromatic heterocycles. The maximum atomic E-state index is 12.6. The summed E-state index contributed by atoms with van der Waals surface area (Å²) in [5.74, 6) is -0.175. The second kappa shape index (κ2) is 9.51. The molecule has 0 spiro atoms. The Morgan fingerprint density at radius 2 is 1.87 bits per heavy atom. The van der Waals surface area contributed by atoms with Crippen LogP contribution in [-0.2, 0) is 13.0 Å². The lowest BCUT2D eigenvalue weighted by atomic mass is 9.95.